The van der Waals surface area contributed by atoms with Gasteiger partial charge in [0.1, 0.15) is 17.3 Å². The Balaban J connectivity index is 1.54. The number of rotatable bonds is 9. The smallest absolute Gasteiger partial charge is 0.251 e. The molecule has 0 aliphatic carbocycles. The van der Waals surface area contributed by atoms with Gasteiger partial charge in [-0.15, -0.1) is 0 Å². The zero-order chi connectivity index (χ0) is 22.2. The summed E-state index contributed by atoms with van der Waals surface area (Å²) < 4.78 is 5.73. The Morgan fingerprint density at radius 3 is 1.97 bits per heavy atom. The van der Waals surface area contributed by atoms with Crippen molar-refractivity contribution in [1.82, 2.24) is 10.3 Å². The first kappa shape index (κ1) is 21.8. The van der Waals surface area contributed by atoms with Crippen molar-refractivity contribution >= 4 is 17.6 Å². The normalized spacial score (nSPS) is 10.4. The maximum Gasteiger partial charge on any atom is 0.251 e. The van der Waals surface area contributed by atoms with E-state index in [1.807, 2.05) is 12.1 Å². The lowest BCUT2D eigenvalue weighted by molar-refractivity contribution is 0.0949. The topological polar surface area (TPSA) is 97.5 Å². The van der Waals surface area contributed by atoms with Crippen LogP contribution in [-0.4, -0.2) is 29.9 Å². The maximum absolute atomic E-state index is 12.4. The summed E-state index contributed by atoms with van der Waals surface area (Å²) in [6.45, 7) is 6.38. The first-order chi connectivity index (χ1) is 15.0. The molecule has 0 aliphatic heterocycles. The fourth-order valence-corrected chi connectivity index (χ4v) is 3.04. The van der Waals surface area contributed by atoms with Crippen molar-refractivity contribution in [2.24, 2.45) is 5.73 Å². The average molecular weight is 418 g/mol. The van der Waals surface area contributed by atoms with E-state index in [2.05, 4.69) is 29.0 Å². The Labute approximate surface area is 181 Å². The molecule has 160 valence electrons. The van der Waals surface area contributed by atoms with Crippen LogP contribution >= 0.6 is 0 Å². The molecule has 0 saturated heterocycles. The molecule has 0 spiro atoms. The first-order valence-corrected chi connectivity index (χ1v) is 10.2. The van der Waals surface area contributed by atoms with E-state index in [9.17, 15) is 9.59 Å². The highest BCUT2D eigenvalue weighted by Gasteiger charge is 2.08. The van der Waals surface area contributed by atoms with Crippen LogP contribution in [0.4, 0.5) is 5.82 Å². The molecule has 3 aromatic rings. The van der Waals surface area contributed by atoms with E-state index in [1.54, 1.807) is 54.7 Å². The quantitative estimate of drug-likeness (QED) is 0.552. The second kappa shape index (κ2) is 10.2. The molecule has 0 aliphatic rings. The lowest BCUT2D eigenvalue weighted by atomic mass is 10.2. The van der Waals surface area contributed by atoms with Crippen LogP contribution in [0, 0.1) is 0 Å². The molecule has 0 radical (unpaired) electrons. The predicted octanol–water partition coefficient (Wildman–Crippen LogP) is 3.75. The van der Waals surface area contributed by atoms with Crippen LogP contribution in [0.15, 0.2) is 66.9 Å². The molecule has 0 fully saturated rings. The van der Waals surface area contributed by atoms with E-state index in [-0.39, 0.29) is 5.91 Å². The van der Waals surface area contributed by atoms with E-state index < -0.39 is 5.91 Å². The molecule has 0 unspecified atom stereocenters. The standard InChI is InChI=1S/C24H26N4O3/c1-3-28(4-2)22-14-5-17(15-26-22)16-27-24(30)19-8-12-21(13-9-19)31-20-10-6-18(7-11-20)23(25)29/h5-15H,3-4,16H2,1-2H3,(H2,25,29)(H,27,30). The minimum atomic E-state index is -0.488. The number of ether oxygens (including phenoxy) is 1. The van der Waals surface area contributed by atoms with E-state index in [0.717, 1.165) is 24.5 Å². The number of amides is 2. The van der Waals surface area contributed by atoms with Crippen LogP contribution in [-0.2, 0) is 6.54 Å². The van der Waals surface area contributed by atoms with Gasteiger partial charge in [0.25, 0.3) is 5.91 Å². The molecule has 1 aromatic heterocycles. The summed E-state index contributed by atoms with van der Waals surface area (Å²) in [5.41, 5.74) is 7.11. The number of benzene rings is 2. The number of anilines is 1. The van der Waals surface area contributed by atoms with E-state index >= 15 is 0 Å². The van der Waals surface area contributed by atoms with Crippen LogP contribution in [0.2, 0.25) is 0 Å². The van der Waals surface area contributed by atoms with Gasteiger partial charge in [0, 0.05) is 37.0 Å². The van der Waals surface area contributed by atoms with Crippen LogP contribution in [0.5, 0.6) is 11.5 Å². The van der Waals surface area contributed by atoms with Crippen molar-refractivity contribution in [3.05, 3.63) is 83.6 Å². The van der Waals surface area contributed by atoms with Crippen LogP contribution < -0.4 is 20.7 Å². The molecule has 2 aromatic carbocycles. The van der Waals surface area contributed by atoms with Gasteiger partial charge in [-0.1, -0.05) is 6.07 Å². The Hall–Kier alpha value is -3.87. The lowest BCUT2D eigenvalue weighted by Crippen LogP contribution is -2.24. The minimum absolute atomic E-state index is 0.176. The largest absolute Gasteiger partial charge is 0.457 e. The molecule has 31 heavy (non-hydrogen) atoms. The number of nitrogens with one attached hydrogen (secondary N) is 1. The highest BCUT2D eigenvalue weighted by molar-refractivity contribution is 5.94. The van der Waals surface area contributed by atoms with Gasteiger partial charge in [0.15, 0.2) is 0 Å². The second-order valence-corrected chi connectivity index (χ2v) is 6.89. The number of nitrogens with zero attached hydrogens (tertiary/aromatic N) is 2. The number of carbonyl (C=O) groups is 2. The number of nitrogens with two attached hydrogens (primary N) is 1. The molecule has 0 bridgehead atoms. The fourth-order valence-electron chi connectivity index (χ4n) is 3.04. The lowest BCUT2D eigenvalue weighted by Gasteiger charge is -2.19. The van der Waals surface area contributed by atoms with E-state index in [0.29, 0.717) is 29.2 Å². The van der Waals surface area contributed by atoms with Crippen molar-refractivity contribution in [2.45, 2.75) is 20.4 Å². The number of pyridine rings is 1. The van der Waals surface area contributed by atoms with Crippen molar-refractivity contribution in [2.75, 3.05) is 18.0 Å². The van der Waals surface area contributed by atoms with E-state index in [4.69, 9.17) is 10.5 Å². The van der Waals surface area contributed by atoms with Gasteiger partial charge in [0.2, 0.25) is 5.91 Å². The Morgan fingerprint density at radius 1 is 0.903 bits per heavy atom. The van der Waals surface area contributed by atoms with E-state index in [1.165, 1.54) is 0 Å². The number of aromatic nitrogens is 1. The Morgan fingerprint density at radius 2 is 1.48 bits per heavy atom. The molecule has 2 amide bonds. The third-order valence-corrected chi connectivity index (χ3v) is 4.84. The summed E-state index contributed by atoms with van der Waals surface area (Å²) in [7, 11) is 0. The zero-order valence-electron chi connectivity index (χ0n) is 17.7. The number of hydrogen-bond donors (Lipinski definition) is 2. The van der Waals surface area contributed by atoms with Gasteiger partial charge >= 0.3 is 0 Å². The van der Waals surface area contributed by atoms with Crippen molar-refractivity contribution in [3.63, 3.8) is 0 Å². The summed E-state index contributed by atoms with van der Waals surface area (Å²) in [5, 5.41) is 2.90. The summed E-state index contributed by atoms with van der Waals surface area (Å²) in [6.07, 6.45) is 1.79. The van der Waals surface area contributed by atoms with Gasteiger partial charge in [0.05, 0.1) is 0 Å². The number of primary amides is 1. The molecule has 0 atom stereocenters. The zero-order valence-corrected chi connectivity index (χ0v) is 17.7. The molecule has 1 heterocycles. The molecular weight excluding hydrogens is 392 g/mol. The maximum atomic E-state index is 12.4. The van der Waals surface area contributed by atoms with Gasteiger partial charge < -0.3 is 20.7 Å². The van der Waals surface area contributed by atoms with Gasteiger partial charge in [-0.2, -0.15) is 0 Å². The van der Waals surface area contributed by atoms with Crippen molar-refractivity contribution < 1.29 is 14.3 Å². The van der Waals surface area contributed by atoms with Crippen LogP contribution in [0.25, 0.3) is 0 Å². The molecule has 3 N–H and O–H groups in total. The van der Waals surface area contributed by atoms with Gasteiger partial charge in [-0.3, -0.25) is 9.59 Å². The summed E-state index contributed by atoms with van der Waals surface area (Å²) in [6, 6.07) is 17.3. The van der Waals surface area contributed by atoms with Gasteiger partial charge in [-0.25, -0.2) is 4.98 Å². The highest BCUT2D eigenvalue weighted by atomic mass is 16.5. The second-order valence-electron chi connectivity index (χ2n) is 6.89. The van der Waals surface area contributed by atoms with Crippen molar-refractivity contribution in [1.29, 1.82) is 0 Å². The molecule has 0 saturated carbocycles. The third kappa shape index (κ3) is 5.82. The monoisotopic (exact) mass is 418 g/mol. The molecule has 3 rings (SSSR count). The summed E-state index contributed by atoms with van der Waals surface area (Å²) in [5.74, 6) is 1.42. The van der Waals surface area contributed by atoms with Crippen molar-refractivity contribution in [3.8, 4) is 11.5 Å². The average Bonchev–Trinajstić information content (AvgIpc) is 2.80. The SMILES string of the molecule is CCN(CC)c1ccc(CNC(=O)c2ccc(Oc3ccc(C(N)=O)cc3)cc2)cn1. The van der Waals surface area contributed by atoms with Gasteiger partial charge in [-0.05, 0) is 74.0 Å². The molecular formula is C24H26N4O3. The third-order valence-electron chi connectivity index (χ3n) is 4.84. The first-order valence-electron chi connectivity index (χ1n) is 10.2. The summed E-state index contributed by atoms with van der Waals surface area (Å²) in [4.78, 5) is 30.2. The predicted molar refractivity (Wildman–Crippen MR) is 120 cm³/mol. The molecule has 7 nitrogen and oxygen atoms in total. The van der Waals surface area contributed by atoms with Crippen LogP contribution in [0.1, 0.15) is 40.1 Å². The van der Waals surface area contributed by atoms with Crippen LogP contribution in [0.3, 0.4) is 0 Å². The Kier molecular flexibility index (Phi) is 7.22. The molecule has 7 heteroatoms. The Bertz CT molecular complexity index is 1010. The minimum Gasteiger partial charge on any atom is -0.457 e. The fraction of sp³-hybridized carbons (Fsp3) is 0.208. The number of carbonyl (C=O) groups excluding carboxylic acids is 2. The summed E-state index contributed by atoms with van der Waals surface area (Å²) >= 11 is 0. The highest BCUT2D eigenvalue weighted by Crippen LogP contribution is 2.22. The number of hydrogen-bond acceptors (Lipinski definition) is 5.